The van der Waals surface area contributed by atoms with Gasteiger partial charge in [-0.1, -0.05) is 12.1 Å². The molecule has 1 aliphatic heterocycles. The quantitative estimate of drug-likeness (QED) is 0.272. The SMILES string of the molecule is CCNC(=NCc1ccc(C)cc1OC1CCOC1)NCCN(C(C)C)C(C)C.I. The molecule has 0 radical (unpaired) electrons. The molecule has 1 aromatic rings. The van der Waals surface area contributed by atoms with Crippen LogP contribution < -0.4 is 15.4 Å². The van der Waals surface area contributed by atoms with Crippen molar-refractivity contribution in [2.45, 2.75) is 72.7 Å². The van der Waals surface area contributed by atoms with Crippen molar-refractivity contribution < 1.29 is 9.47 Å². The van der Waals surface area contributed by atoms with Gasteiger partial charge in [0.1, 0.15) is 11.9 Å². The van der Waals surface area contributed by atoms with E-state index in [1.807, 2.05) is 0 Å². The topological polar surface area (TPSA) is 58.1 Å². The Bertz CT molecular complexity index is 638. The number of ether oxygens (including phenoxy) is 2. The van der Waals surface area contributed by atoms with E-state index in [-0.39, 0.29) is 30.1 Å². The zero-order chi connectivity index (χ0) is 21.2. The summed E-state index contributed by atoms with van der Waals surface area (Å²) in [4.78, 5) is 7.28. The summed E-state index contributed by atoms with van der Waals surface area (Å²) in [5.74, 6) is 1.77. The van der Waals surface area contributed by atoms with E-state index in [2.05, 4.69) is 75.3 Å². The van der Waals surface area contributed by atoms with Gasteiger partial charge in [-0.15, -0.1) is 24.0 Å². The van der Waals surface area contributed by atoms with Gasteiger partial charge in [0.25, 0.3) is 0 Å². The molecule has 1 aromatic carbocycles. The summed E-state index contributed by atoms with van der Waals surface area (Å²) in [6.45, 7) is 17.9. The first kappa shape index (κ1) is 27.0. The summed E-state index contributed by atoms with van der Waals surface area (Å²) in [6.07, 6.45) is 1.09. The Morgan fingerprint density at radius 1 is 1.23 bits per heavy atom. The fourth-order valence-corrected chi connectivity index (χ4v) is 3.61. The molecule has 2 N–H and O–H groups in total. The molecule has 6 nitrogen and oxygen atoms in total. The van der Waals surface area contributed by atoms with Gasteiger partial charge in [-0.25, -0.2) is 4.99 Å². The van der Waals surface area contributed by atoms with Crippen LogP contribution in [0.1, 0.15) is 52.2 Å². The zero-order valence-electron chi connectivity index (χ0n) is 19.5. The van der Waals surface area contributed by atoms with E-state index in [9.17, 15) is 0 Å². The highest BCUT2D eigenvalue weighted by atomic mass is 127. The lowest BCUT2D eigenvalue weighted by Crippen LogP contribution is -2.45. The molecule has 1 aliphatic rings. The Morgan fingerprint density at radius 2 is 1.97 bits per heavy atom. The van der Waals surface area contributed by atoms with Gasteiger partial charge in [0, 0.05) is 43.7 Å². The van der Waals surface area contributed by atoms with Crippen LogP contribution in [0.25, 0.3) is 0 Å². The predicted molar refractivity (Wildman–Crippen MR) is 136 cm³/mol. The van der Waals surface area contributed by atoms with Crippen molar-refractivity contribution in [3.8, 4) is 5.75 Å². The zero-order valence-corrected chi connectivity index (χ0v) is 21.9. The molecule has 0 amide bonds. The highest BCUT2D eigenvalue weighted by Gasteiger charge is 2.19. The lowest BCUT2D eigenvalue weighted by atomic mass is 10.1. The van der Waals surface area contributed by atoms with Gasteiger partial charge in [0.05, 0.1) is 19.8 Å². The van der Waals surface area contributed by atoms with Crippen molar-refractivity contribution in [3.63, 3.8) is 0 Å². The Balaban J connectivity index is 0.00000450. The number of aryl methyl sites for hydroxylation is 1. The maximum atomic E-state index is 6.20. The first-order chi connectivity index (χ1) is 13.9. The van der Waals surface area contributed by atoms with E-state index in [1.54, 1.807) is 0 Å². The third-order valence-electron chi connectivity index (χ3n) is 5.14. The number of halogens is 1. The van der Waals surface area contributed by atoms with Crippen LogP contribution in [0.2, 0.25) is 0 Å². The van der Waals surface area contributed by atoms with Crippen molar-refractivity contribution in [1.82, 2.24) is 15.5 Å². The summed E-state index contributed by atoms with van der Waals surface area (Å²) in [5.41, 5.74) is 2.30. The van der Waals surface area contributed by atoms with Gasteiger partial charge in [-0.2, -0.15) is 0 Å². The molecule has 172 valence electrons. The van der Waals surface area contributed by atoms with Crippen LogP contribution >= 0.6 is 24.0 Å². The molecule has 0 saturated carbocycles. The van der Waals surface area contributed by atoms with Gasteiger partial charge in [-0.3, -0.25) is 4.90 Å². The van der Waals surface area contributed by atoms with E-state index in [4.69, 9.17) is 14.5 Å². The predicted octanol–water partition coefficient (Wildman–Crippen LogP) is 3.95. The number of guanidine groups is 1. The maximum Gasteiger partial charge on any atom is 0.191 e. The number of benzene rings is 1. The van der Waals surface area contributed by atoms with Crippen LogP contribution in [0.3, 0.4) is 0 Å². The Morgan fingerprint density at radius 3 is 2.57 bits per heavy atom. The minimum Gasteiger partial charge on any atom is -0.488 e. The lowest BCUT2D eigenvalue weighted by molar-refractivity contribution is 0.140. The molecule has 0 spiro atoms. The second kappa shape index (κ2) is 14.1. The molecule has 0 aliphatic carbocycles. The molecule has 1 heterocycles. The fourth-order valence-electron chi connectivity index (χ4n) is 3.61. The van der Waals surface area contributed by atoms with Crippen LogP contribution in [0.4, 0.5) is 0 Å². The van der Waals surface area contributed by atoms with E-state index < -0.39 is 0 Å². The Labute approximate surface area is 200 Å². The second-order valence-electron chi connectivity index (χ2n) is 8.26. The van der Waals surface area contributed by atoms with Crippen molar-refractivity contribution in [3.05, 3.63) is 29.3 Å². The number of aliphatic imine (C=N–C) groups is 1. The van der Waals surface area contributed by atoms with Crippen molar-refractivity contribution in [1.29, 1.82) is 0 Å². The number of nitrogens with zero attached hydrogens (tertiary/aromatic N) is 2. The molecule has 0 bridgehead atoms. The minimum absolute atomic E-state index is 0. The molecule has 1 saturated heterocycles. The van der Waals surface area contributed by atoms with Gasteiger partial charge in [0.2, 0.25) is 0 Å². The third-order valence-corrected chi connectivity index (χ3v) is 5.14. The number of rotatable bonds is 10. The summed E-state index contributed by atoms with van der Waals surface area (Å²) in [7, 11) is 0. The Hall–Kier alpha value is -1.06. The lowest BCUT2D eigenvalue weighted by Gasteiger charge is -2.30. The Kier molecular flexibility index (Phi) is 12.7. The second-order valence-corrected chi connectivity index (χ2v) is 8.26. The summed E-state index contributed by atoms with van der Waals surface area (Å²) in [5, 5.41) is 6.82. The average molecular weight is 533 g/mol. The summed E-state index contributed by atoms with van der Waals surface area (Å²) < 4.78 is 11.7. The maximum absolute atomic E-state index is 6.20. The smallest absolute Gasteiger partial charge is 0.191 e. The van der Waals surface area contributed by atoms with Crippen molar-refractivity contribution >= 4 is 29.9 Å². The number of hydrogen-bond acceptors (Lipinski definition) is 4. The average Bonchev–Trinajstić information content (AvgIpc) is 3.16. The van der Waals surface area contributed by atoms with Crippen LogP contribution in [0, 0.1) is 6.92 Å². The molecule has 1 unspecified atom stereocenters. The van der Waals surface area contributed by atoms with Crippen molar-refractivity contribution in [2.75, 3.05) is 32.8 Å². The van der Waals surface area contributed by atoms with Gasteiger partial charge >= 0.3 is 0 Å². The van der Waals surface area contributed by atoms with Crippen molar-refractivity contribution in [2.24, 2.45) is 4.99 Å². The normalized spacial score (nSPS) is 16.8. The largest absolute Gasteiger partial charge is 0.488 e. The van der Waals surface area contributed by atoms with Crippen LogP contribution in [0.15, 0.2) is 23.2 Å². The standard InChI is InChI=1S/C23H40N4O2.HI/c1-7-24-23(25-11-12-27(17(2)3)18(4)5)26-15-20-9-8-19(6)14-22(20)29-21-10-13-28-16-21;/h8-9,14,17-18,21H,7,10-13,15-16H2,1-6H3,(H2,24,25,26);1H. The molecule has 0 aromatic heterocycles. The van der Waals surface area contributed by atoms with Crippen LogP contribution in [-0.4, -0.2) is 61.9 Å². The number of nitrogens with one attached hydrogen (secondary N) is 2. The van der Waals surface area contributed by atoms with Crippen LogP contribution in [0.5, 0.6) is 5.75 Å². The van der Waals surface area contributed by atoms with E-state index in [0.717, 1.165) is 49.9 Å². The molecular weight excluding hydrogens is 491 g/mol. The minimum atomic E-state index is 0. The van der Waals surface area contributed by atoms with Gasteiger partial charge in [-0.05, 0) is 53.2 Å². The van der Waals surface area contributed by atoms with Crippen LogP contribution in [-0.2, 0) is 11.3 Å². The summed E-state index contributed by atoms with van der Waals surface area (Å²) in [6, 6.07) is 7.40. The highest BCUT2D eigenvalue weighted by Crippen LogP contribution is 2.24. The van der Waals surface area contributed by atoms with E-state index in [1.165, 1.54) is 5.56 Å². The molecule has 30 heavy (non-hydrogen) atoms. The van der Waals surface area contributed by atoms with E-state index >= 15 is 0 Å². The fraction of sp³-hybridized carbons (Fsp3) is 0.696. The monoisotopic (exact) mass is 532 g/mol. The highest BCUT2D eigenvalue weighted by molar-refractivity contribution is 14.0. The first-order valence-corrected chi connectivity index (χ1v) is 11.0. The number of hydrogen-bond donors (Lipinski definition) is 2. The molecule has 1 fully saturated rings. The third kappa shape index (κ3) is 8.98. The van der Waals surface area contributed by atoms with Gasteiger partial charge in [0.15, 0.2) is 5.96 Å². The molecule has 7 heteroatoms. The van der Waals surface area contributed by atoms with E-state index in [0.29, 0.717) is 25.2 Å². The first-order valence-electron chi connectivity index (χ1n) is 11.0. The van der Waals surface area contributed by atoms with Gasteiger partial charge < -0.3 is 20.1 Å². The molecule has 1 atom stereocenters. The molecule has 2 rings (SSSR count). The molecular formula is C23H41IN4O2. The summed E-state index contributed by atoms with van der Waals surface area (Å²) >= 11 is 0.